The minimum absolute atomic E-state index is 0.290. The molecule has 126 valence electrons. The summed E-state index contributed by atoms with van der Waals surface area (Å²) in [5.41, 5.74) is 9.59. The molecule has 0 radical (unpaired) electrons. The van der Waals surface area contributed by atoms with E-state index in [0.717, 1.165) is 46.4 Å². The Balaban J connectivity index is 2.22. The second-order valence-electron chi connectivity index (χ2n) is 6.27. The van der Waals surface area contributed by atoms with E-state index in [9.17, 15) is 4.79 Å². The number of primary amides is 1. The van der Waals surface area contributed by atoms with Crippen molar-refractivity contribution in [1.82, 2.24) is 9.88 Å². The van der Waals surface area contributed by atoms with Crippen LogP contribution in [0.5, 0.6) is 0 Å². The molecule has 0 fully saturated rings. The van der Waals surface area contributed by atoms with Crippen molar-refractivity contribution < 1.29 is 4.79 Å². The maximum absolute atomic E-state index is 11.7. The summed E-state index contributed by atoms with van der Waals surface area (Å²) in [4.78, 5) is 18.6. The minimum Gasteiger partial charge on any atom is -0.364 e. The average Bonchev–Trinajstić information content (AvgIpc) is 2.55. The van der Waals surface area contributed by atoms with Gasteiger partial charge in [0.25, 0.3) is 5.91 Å². The van der Waals surface area contributed by atoms with Crippen molar-refractivity contribution in [2.24, 2.45) is 5.73 Å². The van der Waals surface area contributed by atoms with Crippen LogP contribution in [0.25, 0.3) is 11.3 Å². The standard InChI is InChI=1S/C18H19BrClN3O/c1-10(2)23-7-6-11-8-15(18(21)24)22-17(13(11)9-23)12-4-3-5-14(19)16(12)20/h3-5,8,10H,6-7,9H2,1-2H3,(H2,21,24). The van der Waals surface area contributed by atoms with Gasteiger partial charge < -0.3 is 5.73 Å². The Bertz CT molecular complexity index is 807. The first-order valence-corrected chi connectivity index (χ1v) is 9.06. The van der Waals surface area contributed by atoms with E-state index in [4.69, 9.17) is 17.3 Å². The minimum atomic E-state index is -0.517. The third-order valence-electron chi connectivity index (χ3n) is 4.44. The van der Waals surface area contributed by atoms with Crippen molar-refractivity contribution in [2.75, 3.05) is 6.54 Å². The molecular formula is C18H19BrClN3O. The number of nitrogens with zero attached hydrogens (tertiary/aromatic N) is 2. The molecule has 3 rings (SSSR count). The highest BCUT2D eigenvalue weighted by atomic mass is 79.9. The van der Waals surface area contributed by atoms with Gasteiger partial charge in [0.05, 0.1) is 10.7 Å². The zero-order valence-electron chi connectivity index (χ0n) is 13.6. The Morgan fingerprint density at radius 1 is 1.42 bits per heavy atom. The SMILES string of the molecule is CC(C)N1CCc2cc(C(N)=O)nc(-c3cccc(Br)c3Cl)c2C1. The molecule has 0 aliphatic carbocycles. The van der Waals surface area contributed by atoms with Crippen molar-refractivity contribution in [3.63, 3.8) is 0 Å². The van der Waals surface area contributed by atoms with E-state index < -0.39 is 5.91 Å². The van der Waals surface area contributed by atoms with Crippen LogP contribution >= 0.6 is 27.5 Å². The third-order valence-corrected chi connectivity index (χ3v) is 5.73. The Labute approximate surface area is 155 Å². The summed E-state index contributed by atoms with van der Waals surface area (Å²) < 4.78 is 0.804. The highest BCUT2D eigenvalue weighted by Crippen LogP contribution is 2.37. The van der Waals surface area contributed by atoms with E-state index in [2.05, 4.69) is 39.7 Å². The van der Waals surface area contributed by atoms with Crippen LogP contribution in [-0.2, 0) is 13.0 Å². The maximum atomic E-state index is 11.7. The number of pyridine rings is 1. The molecule has 1 amide bonds. The highest BCUT2D eigenvalue weighted by Gasteiger charge is 2.25. The quantitative estimate of drug-likeness (QED) is 0.834. The molecule has 1 aromatic heterocycles. The lowest BCUT2D eigenvalue weighted by molar-refractivity contribution is 0.0995. The normalized spacial score (nSPS) is 14.7. The first-order valence-electron chi connectivity index (χ1n) is 7.89. The molecule has 0 atom stereocenters. The number of hydrogen-bond acceptors (Lipinski definition) is 3. The van der Waals surface area contributed by atoms with Gasteiger partial charge in [-0.1, -0.05) is 23.7 Å². The van der Waals surface area contributed by atoms with Crippen molar-refractivity contribution >= 4 is 33.4 Å². The fourth-order valence-corrected chi connectivity index (χ4v) is 3.63. The van der Waals surface area contributed by atoms with Crippen LogP contribution in [0.4, 0.5) is 0 Å². The largest absolute Gasteiger partial charge is 0.364 e. The van der Waals surface area contributed by atoms with Gasteiger partial charge in [-0.05, 0) is 59.5 Å². The first kappa shape index (κ1) is 17.4. The summed E-state index contributed by atoms with van der Waals surface area (Å²) in [6.45, 7) is 6.11. The summed E-state index contributed by atoms with van der Waals surface area (Å²) in [6, 6.07) is 8.00. The van der Waals surface area contributed by atoms with Crippen molar-refractivity contribution in [3.05, 3.63) is 50.6 Å². The molecule has 4 nitrogen and oxygen atoms in total. The van der Waals surface area contributed by atoms with E-state index in [1.165, 1.54) is 0 Å². The summed E-state index contributed by atoms with van der Waals surface area (Å²) in [5.74, 6) is -0.517. The van der Waals surface area contributed by atoms with Gasteiger partial charge in [0, 0.05) is 29.2 Å². The van der Waals surface area contributed by atoms with Gasteiger partial charge in [-0.25, -0.2) is 4.98 Å². The molecule has 1 aliphatic heterocycles. The van der Waals surface area contributed by atoms with E-state index >= 15 is 0 Å². The van der Waals surface area contributed by atoms with Gasteiger partial charge in [-0.15, -0.1) is 0 Å². The highest BCUT2D eigenvalue weighted by molar-refractivity contribution is 9.10. The average molecular weight is 409 g/mol. The number of aromatic nitrogens is 1. The fourth-order valence-electron chi connectivity index (χ4n) is 3.05. The van der Waals surface area contributed by atoms with Gasteiger partial charge in [0.1, 0.15) is 5.69 Å². The van der Waals surface area contributed by atoms with Crippen LogP contribution in [0, 0.1) is 0 Å². The number of carbonyl (C=O) groups excluding carboxylic acids is 1. The van der Waals surface area contributed by atoms with Crippen LogP contribution in [-0.4, -0.2) is 28.4 Å². The monoisotopic (exact) mass is 407 g/mol. The number of hydrogen-bond donors (Lipinski definition) is 1. The van der Waals surface area contributed by atoms with Crippen LogP contribution < -0.4 is 5.73 Å². The molecule has 0 unspecified atom stereocenters. The smallest absolute Gasteiger partial charge is 0.267 e. The summed E-state index contributed by atoms with van der Waals surface area (Å²) in [6.07, 6.45) is 0.870. The van der Waals surface area contributed by atoms with Gasteiger partial charge in [0.2, 0.25) is 0 Å². The van der Waals surface area contributed by atoms with Crippen molar-refractivity contribution in [2.45, 2.75) is 32.9 Å². The Kier molecular flexibility index (Phi) is 4.95. The molecule has 24 heavy (non-hydrogen) atoms. The van der Waals surface area contributed by atoms with Gasteiger partial charge in [-0.3, -0.25) is 9.69 Å². The molecule has 6 heteroatoms. The molecule has 0 saturated heterocycles. The lowest BCUT2D eigenvalue weighted by atomic mass is 9.93. The summed E-state index contributed by atoms with van der Waals surface area (Å²) >= 11 is 9.94. The number of rotatable bonds is 3. The number of benzene rings is 1. The predicted octanol–water partition coefficient (Wildman–Crippen LogP) is 4.03. The molecule has 1 aliphatic rings. The molecule has 0 bridgehead atoms. The van der Waals surface area contributed by atoms with Crippen molar-refractivity contribution in [3.8, 4) is 11.3 Å². The van der Waals surface area contributed by atoms with E-state index in [1.807, 2.05) is 24.3 Å². The van der Waals surface area contributed by atoms with Crippen LogP contribution in [0.2, 0.25) is 5.02 Å². The van der Waals surface area contributed by atoms with Gasteiger partial charge in [0.15, 0.2) is 0 Å². The number of halogens is 2. The fraction of sp³-hybridized carbons (Fsp3) is 0.333. The zero-order valence-corrected chi connectivity index (χ0v) is 16.0. The van der Waals surface area contributed by atoms with E-state index in [1.54, 1.807) is 0 Å². The molecule has 2 aromatic rings. The lowest BCUT2D eigenvalue weighted by Gasteiger charge is -2.33. The van der Waals surface area contributed by atoms with Crippen LogP contribution in [0.3, 0.4) is 0 Å². The second kappa shape index (κ2) is 6.82. The Morgan fingerprint density at radius 3 is 2.83 bits per heavy atom. The summed E-state index contributed by atoms with van der Waals surface area (Å²) in [7, 11) is 0. The second-order valence-corrected chi connectivity index (χ2v) is 7.51. The molecular weight excluding hydrogens is 390 g/mol. The van der Waals surface area contributed by atoms with E-state index in [-0.39, 0.29) is 5.69 Å². The Morgan fingerprint density at radius 2 is 2.17 bits per heavy atom. The van der Waals surface area contributed by atoms with Crippen LogP contribution in [0.15, 0.2) is 28.7 Å². The molecule has 1 aromatic carbocycles. The molecule has 2 heterocycles. The molecule has 2 N–H and O–H groups in total. The Hall–Kier alpha value is -1.43. The number of fused-ring (bicyclic) bond motifs is 1. The zero-order chi connectivity index (χ0) is 17.4. The predicted molar refractivity (Wildman–Crippen MR) is 100 cm³/mol. The number of amides is 1. The van der Waals surface area contributed by atoms with Crippen molar-refractivity contribution in [1.29, 1.82) is 0 Å². The lowest BCUT2D eigenvalue weighted by Crippen LogP contribution is -2.36. The maximum Gasteiger partial charge on any atom is 0.267 e. The third kappa shape index (κ3) is 3.21. The molecule has 0 saturated carbocycles. The molecule has 0 spiro atoms. The van der Waals surface area contributed by atoms with Gasteiger partial charge >= 0.3 is 0 Å². The number of nitrogens with two attached hydrogens (primary N) is 1. The first-order chi connectivity index (χ1) is 11.4. The summed E-state index contributed by atoms with van der Waals surface area (Å²) in [5, 5.41) is 0.593. The topological polar surface area (TPSA) is 59.2 Å². The van der Waals surface area contributed by atoms with Crippen LogP contribution in [0.1, 0.15) is 35.5 Å². The number of carbonyl (C=O) groups is 1. The van der Waals surface area contributed by atoms with E-state index in [0.29, 0.717) is 11.1 Å². The van der Waals surface area contributed by atoms with Gasteiger partial charge in [-0.2, -0.15) is 0 Å².